The summed E-state index contributed by atoms with van der Waals surface area (Å²) in [5, 5.41) is 7.76. The average Bonchev–Trinajstić information content (AvgIpc) is 2.96. The number of hydrogen-bond acceptors (Lipinski definition) is 5. The van der Waals surface area contributed by atoms with E-state index in [0.717, 1.165) is 32.5 Å². The van der Waals surface area contributed by atoms with Crippen LogP contribution in [0.4, 0.5) is 5.69 Å². The molecule has 0 saturated carbocycles. The first-order valence-corrected chi connectivity index (χ1v) is 10.0. The molecule has 1 atom stereocenters. The van der Waals surface area contributed by atoms with Crippen LogP contribution in [-0.4, -0.2) is 44.4 Å². The SMILES string of the molecule is Cn1nccc1CN1CCC2(CC1)CN[S+](=O)([O-])c1ccccc1N2. The Morgan fingerprint density at radius 3 is 2.76 bits per heavy atom. The van der Waals surface area contributed by atoms with E-state index >= 15 is 0 Å². The lowest BCUT2D eigenvalue weighted by molar-refractivity contribution is 0.164. The smallest absolute Gasteiger partial charge is 0.198 e. The van der Waals surface area contributed by atoms with Crippen LogP contribution in [0.25, 0.3) is 0 Å². The predicted octanol–water partition coefficient (Wildman–Crippen LogP) is 1.37. The molecule has 7 nitrogen and oxygen atoms in total. The first-order chi connectivity index (χ1) is 12.0. The van der Waals surface area contributed by atoms with E-state index < -0.39 is 10.4 Å². The monoisotopic (exact) mass is 361 g/mol. The first kappa shape index (κ1) is 16.7. The highest BCUT2D eigenvalue weighted by Gasteiger charge is 2.41. The van der Waals surface area contributed by atoms with E-state index in [1.54, 1.807) is 12.1 Å². The van der Waals surface area contributed by atoms with Crippen LogP contribution in [0.3, 0.4) is 0 Å². The quantitative estimate of drug-likeness (QED) is 0.789. The maximum atomic E-state index is 12.5. The number of benzene rings is 1. The zero-order valence-corrected chi connectivity index (χ0v) is 15.1. The van der Waals surface area contributed by atoms with Gasteiger partial charge in [-0.2, -0.15) is 5.10 Å². The van der Waals surface area contributed by atoms with E-state index in [1.165, 1.54) is 5.69 Å². The number of nitrogens with zero attached hydrogens (tertiary/aromatic N) is 3. The highest BCUT2D eigenvalue weighted by Crippen LogP contribution is 2.34. The summed E-state index contributed by atoms with van der Waals surface area (Å²) in [6.07, 6.45) is 3.60. The molecule has 3 heterocycles. The highest BCUT2D eigenvalue weighted by molar-refractivity contribution is 7.96. The molecule has 0 bridgehead atoms. The second kappa shape index (κ2) is 6.21. The molecule has 134 valence electrons. The van der Waals surface area contributed by atoms with Crippen molar-refractivity contribution in [1.29, 1.82) is 0 Å². The molecule has 4 rings (SSSR count). The number of aromatic nitrogens is 2. The topological polar surface area (TPSA) is 85.2 Å². The van der Waals surface area contributed by atoms with Crippen LogP contribution in [0.1, 0.15) is 18.5 Å². The molecular formula is C17H23N5O2S. The summed E-state index contributed by atoms with van der Waals surface area (Å²) in [6.45, 7) is 3.13. The number of anilines is 1. The van der Waals surface area contributed by atoms with E-state index in [2.05, 4.69) is 20.0 Å². The van der Waals surface area contributed by atoms with E-state index in [4.69, 9.17) is 0 Å². The summed E-state index contributed by atoms with van der Waals surface area (Å²) >= 11 is 0. The minimum Gasteiger partial charge on any atom is -0.593 e. The Bertz CT molecular complexity index is 813. The lowest BCUT2D eigenvalue weighted by atomic mass is 9.87. The highest BCUT2D eigenvalue weighted by atomic mass is 32.3. The fourth-order valence-corrected chi connectivity index (χ4v) is 4.96. The molecular weight excluding hydrogens is 338 g/mol. The summed E-state index contributed by atoms with van der Waals surface area (Å²) in [6, 6.07) is 9.18. The molecule has 1 aromatic carbocycles. The van der Waals surface area contributed by atoms with Crippen LogP contribution in [0.15, 0.2) is 41.4 Å². The van der Waals surface area contributed by atoms with Crippen molar-refractivity contribution in [3.63, 3.8) is 0 Å². The molecule has 1 aromatic heterocycles. The molecule has 2 aliphatic heterocycles. The van der Waals surface area contributed by atoms with Gasteiger partial charge in [-0.1, -0.05) is 16.3 Å². The maximum Gasteiger partial charge on any atom is 0.198 e. The molecule has 1 saturated heterocycles. The van der Waals surface area contributed by atoms with Gasteiger partial charge in [-0.15, -0.1) is 4.72 Å². The van der Waals surface area contributed by atoms with Crippen molar-refractivity contribution in [3.8, 4) is 0 Å². The van der Waals surface area contributed by atoms with E-state index in [-0.39, 0.29) is 5.54 Å². The van der Waals surface area contributed by atoms with Gasteiger partial charge in [-0.25, -0.2) is 0 Å². The van der Waals surface area contributed by atoms with Gasteiger partial charge in [-0.05, 0) is 31.0 Å². The average molecular weight is 361 g/mol. The van der Waals surface area contributed by atoms with Gasteiger partial charge < -0.3 is 9.87 Å². The Morgan fingerprint density at radius 2 is 2.04 bits per heavy atom. The Balaban J connectivity index is 1.49. The number of sulfonamides is 1. The van der Waals surface area contributed by atoms with Gasteiger partial charge >= 0.3 is 0 Å². The van der Waals surface area contributed by atoms with Gasteiger partial charge in [0.2, 0.25) is 0 Å². The van der Waals surface area contributed by atoms with Crippen molar-refractivity contribution in [3.05, 3.63) is 42.2 Å². The minimum absolute atomic E-state index is 0.233. The molecule has 1 unspecified atom stereocenters. The van der Waals surface area contributed by atoms with Gasteiger partial charge in [0.25, 0.3) is 0 Å². The normalized spacial score (nSPS) is 26.0. The molecule has 1 fully saturated rings. The van der Waals surface area contributed by atoms with Gasteiger partial charge in [0.15, 0.2) is 15.3 Å². The fraction of sp³-hybridized carbons (Fsp3) is 0.471. The van der Waals surface area contributed by atoms with Gasteiger partial charge in [-0.3, -0.25) is 9.58 Å². The standard InChI is InChI=1S/C17H23N5O2S/c1-21-14(6-9-18-21)12-22-10-7-17(8-11-22)13-19-25(23,24)16-5-3-2-4-15(16)20-17/h2-6,9,20H,7-8,10-13H2,1H3,(H-,19,23,24). The molecule has 8 heteroatoms. The number of nitrogens with one attached hydrogen (secondary N) is 2. The van der Waals surface area contributed by atoms with Crippen molar-refractivity contribution in [2.45, 2.75) is 29.8 Å². The summed E-state index contributed by atoms with van der Waals surface area (Å²) in [4.78, 5) is 2.74. The second-order valence-corrected chi connectivity index (χ2v) is 8.68. The largest absolute Gasteiger partial charge is 0.593 e. The minimum atomic E-state index is -3.45. The third-order valence-electron chi connectivity index (χ3n) is 5.30. The van der Waals surface area contributed by atoms with Crippen molar-refractivity contribution >= 4 is 16.1 Å². The molecule has 0 aliphatic carbocycles. The molecule has 0 radical (unpaired) electrons. The molecule has 25 heavy (non-hydrogen) atoms. The third-order valence-corrected chi connectivity index (χ3v) is 6.76. The Labute approximate surface area is 148 Å². The van der Waals surface area contributed by atoms with E-state index in [1.807, 2.05) is 36.1 Å². The number of likely N-dealkylation sites (tertiary alicyclic amines) is 1. The number of piperidine rings is 1. The Kier molecular flexibility index (Phi) is 4.15. The summed E-state index contributed by atoms with van der Waals surface area (Å²) in [5.74, 6) is 0. The number of rotatable bonds is 2. The number of para-hydroxylation sites is 1. The summed E-state index contributed by atoms with van der Waals surface area (Å²) in [5.41, 5.74) is 1.66. The third kappa shape index (κ3) is 3.22. The van der Waals surface area contributed by atoms with Crippen LogP contribution in [0, 0.1) is 0 Å². The van der Waals surface area contributed by atoms with E-state index in [0.29, 0.717) is 17.1 Å². The second-order valence-electron chi connectivity index (χ2n) is 6.95. The van der Waals surface area contributed by atoms with Crippen molar-refractivity contribution in [2.75, 3.05) is 25.0 Å². The van der Waals surface area contributed by atoms with Crippen LogP contribution in [-0.2, 0) is 28.2 Å². The maximum absolute atomic E-state index is 12.5. The van der Waals surface area contributed by atoms with Crippen LogP contribution in [0.5, 0.6) is 0 Å². The number of hydrogen-bond donors (Lipinski definition) is 2. The first-order valence-electron chi connectivity index (χ1n) is 8.54. The van der Waals surface area contributed by atoms with Gasteiger partial charge in [0, 0.05) is 32.9 Å². The molecule has 1 spiro atoms. The van der Waals surface area contributed by atoms with Crippen molar-refractivity contribution < 1.29 is 8.76 Å². The molecule has 0 amide bonds. The van der Waals surface area contributed by atoms with Crippen LogP contribution >= 0.6 is 0 Å². The van der Waals surface area contributed by atoms with Crippen LogP contribution in [0.2, 0.25) is 0 Å². The molecule has 2 aliphatic rings. The van der Waals surface area contributed by atoms with Gasteiger partial charge in [0.1, 0.15) is 0 Å². The Hall–Kier alpha value is -1.74. The zero-order valence-electron chi connectivity index (χ0n) is 14.3. The van der Waals surface area contributed by atoms with Crippen molar-refractivity contribution in [1.82, 2.24) is 19.4 Å². The van der Waals surface area contributed by atoms with Crippen LogP contribution < -0.4 is 10.0 Å². The molecule has 2 N–H and O–H groups in total. The Morgan fingerprint density at radius 1 is 1.28 bits per heavy atom. The molecule has 2 aromatic rings. The predicted molar refractivity (Wildman–Crippen MR) is 95.6 cm³/mol. The number of fused-ring (bicyclic) bond motifs is 1. The lowest BCUT2D eigenvalue weighted by Crippen LogP contribution is -2.54. The number of aryl methyl sites for hydroxylation is 1. The van der Waals surface area contributed by atoms with Gasteiger partial charge in [0.05, 0.1) is 23.5 Å². The zero-order chi connectivity index (χ0) is 17.5. The van der Waals surface area contributed by atoms with Crippen molar-refractivity contribution in [2.24, 2.45) is 7.05 Å². The lowest BCUT2D eigenvalue weighted by Gasteiger charge is -2.41. The van der Waals surface area contributed by atoms with E-state index in [9.17, 15) is 8.76 Å². The summed E-state index contributed by atoms with van der Waals surface area (Å²) in [7, 11) is -1.49. The summed E-state index contributed by atoms with van der Waals surface area (Å²) < 4.78 is 29.6. The fourth-order valence-electron chi connectivity index (χ4n) is 3.67.